The van der Waals surface area contributed by atoms with Crippen LogP contribution in [0.3, 0.4) is 0 Å². The monoisotopic (exact) mass is 461 g/mol. The van der Waals surface area contributed by atoms with E-state index in [4.69, 9.17) is 14.2 Å². The number of carbonyl (C=O) groups excluding carboxylic acids is 1. The van der Waals surface area contributed by atoms with Crippen molar-refractivity contribution in [1.29, 1.82) is 0 Å². The van der Waals surface area contributed by atoms with Gasteiger partial charge in [0.1, 0.15) is 23.9 Å². The molecule has 8 heteroatoms. The number of aliphatic carboxylic acids is 1. The van der Waals surface area contributed by atoms with Gasteiger partial charge in [-0.15, -0.1) is 0 Å². The molecule has 0 saturated carbocycles. The maximum atomic E-state index is 13.1. The predicted octanol–water partition coefficient (Wildman–Crippen LogP) is 4.93. The van der Waals surface area contributed by atoms with E-state index in [1.54, 1.807) is 36.1 Å². The molecular weight excluding hydrogens is 429 g/mol. The Balaban J connectivity index is 1.89. The maximum Gasteiger partial charge on any atom is 0.415 e. The summed E-state index contributed by atoms with van der Waals surface area (Å²) in [6.07, 6.45) is 1.73. The third-order valence-electron chi connectivity index (χ3n) is 4.93. The van der Waals surface area contributed by atoms with Gasteiger partial charge >= 0.3 is 12.1 Å². The Hall–Kier alpha value is -3.13. The Bertz CT molecular complexity index is 856. The SMILES string of the molecule is CCCCCN(CCOc1ccc(CC(OCC)C(=O)O)cc1)C(=O)Oc1ccc(F)cc1. The number of carboxylic acids is 1. The highest BCUT2D eigenvalue weighted by Gasteiger charge is 2.18. The molecule has 0 aliphatic carbocycles. The first-order chi connectivity index (χ1) is 15.9. The van der Waals surface area contributed by atoms with Crippen molar-refractivity contribution in [3.8, 4) is 11.5 Å². The lowest BCUT2D eigenvalue weighted by molar-refractivity contribution is -0.149. The van der Waals surface area contributed by atoms with E-state index >= 15 is 0 Å². The summed E-state index contributed by atoms with van der Waals surface area (Å²) in [7, 11) is 0. The number of unbranched alkanes of at least 4 members (excludes halogenated alkanes) is 2. The molecule has 0 saturated heterocycles. The summed E-state index contributed by atoms with van der Waals surface area (Å²) in [5.74, 6) is -0.495. The first-order valence-electron chi connectivity index (χ1n) is 11.2. The van der Waals surface area contributed by atoms with Crippen LogP contribution in [0.15, 0.2) is 48.5 Å². The van der Waals surface area contributed by atoms with Crippen molar-refractivity contribution in [3.05, 3.63) is 59.9 Å². The lowest BCUT2D eigenvalue weighted by Gasteiger charge is -2.22. The molecule has 0 bridgehead atoms. The number of benzene rings is 2. The van der Waals surface area contributed by atoms with Crippen molar-refractivity contribution in [1.82, 2.24) is 4.90 Å². The van der Waals surface area contributed by atoms with Gasteiger partial charge < -0.3 is 24.2 Å². The van der Waals surface area contributed by atoms with Crippen LogP contribution in [-0.2, 0) is 16.0 Å². The average Bonchev–Trinajstić information content (AvgIpc) is 2.80. The molecule has 0 spiro atoms. The molecule has 1 atom stereocenters. The van der Waals surface area contributed by atoms with Crippen LogP contribution in [0.1, 0.15) is 38.7 Å². The smallest absolute Gasteiger partial charge is 0.415 e. The predicted molar refractivity (Wildman–Crippen MR) is 122 cm³/mol. The fourth-order valence-electron chi connectivity index (χ4n) is 3.14. The molecule has 1 N–H and O–H groups in total. The van der Waals surface area contributed by atoms with E-state index in [0.29, 0.717) is 25.4 Å². The zero-order valence-corrected chi connectivity index (χ0v) is 19.2. The minimum absolute atomic E-state index is 0.265. The summed E-state index contributed by atoms with van der Waals surface area (Å²) < 4.78 is 29.4. The van der Waals surface area contributed by atoms with Crippen LogP contribution in [0.5, 0.6) is 11.5 Å². The number of carbonyl (C=O) groups is 2. The highest BCUT2D eigenvalue weighted by Crippen LogP contribution is 2.16. The largest absolute Gasteiger partial charge is 0.492 e. The van der Waals surface area contributed by atoms with Crippen molar-refractivity contribution in [2.45, 2.75) is 45.6 Å². The summed E-state index contributed by atoms with van der Waals surface area (Å²) in [6, 6.07) is 12.4. The summed E-state index contributed by atoms with van der Waals surface area (Å²) in [6.45, 7) is 5.30. The van der Waals surface area contributed by atoms with Crippen LogP contribution >= 0.6 is 0 Å². The van der Waals surface area contributed by atoms with Gasteiger partial charge in [0.05, 0.1) is 6.54 Å². The lowest BCUT2D eigenvalue weighted by Crippen LogP contribution is -2.37. The number of hydrogen-bond donors (Lipinski definition) is 1. The Kier molecular flexibility index (Phi) is 11.2. The minimum atomic E-state index is -0.993. The number of rotatable bonds is 14. The van der Waals surface area contributed by atoms with Crippen molar-refractivity contribution < 1.29 is 33.3 Å². The molecule has 33 heavy (non-hydrogen) atoms. The molecule has 180 valence electrons. The molecule has 1 unspecified atom stereocenters. The zero-order valence-electron chi connectivity index (χ0n) is 19.2. The number of nitrogens with zero attached hydrogens (tertiary/aromatic N) is 1. The molecule has 1 amide bonds. The Labute approximate surface area is 194 Å². The molecule has 0 aliphatic rings. The fraction of sp³-hybridized carbons (Fsp3) is 0.440. The summed E-state index contributed by atoms with van der Waals surface area (Å²) in [5.41, 5.74) is 0.826. The van der Waals surface area contributed by atoms with E-state index in [1.807, 2.05) is 0 Å². The van der Waals surface area contributed by atoms with Gasteiger partial charge in [-0.1, -0.05) is 31.9 Å². The first kappa shape index (κ1) is 26.1. The van der Waals surface area contributed by atoms with Gasteiger partial charge in [-0.3, -0.25) is 0 Å². The molecule has 7 nitrogen and oxygen atoms in total. The number of halogens is 1. The normalized spacial score (nSPS) is 11.6. The Morgan fingerprint density at radius 2 is 1.64 bits per heavy atom. The van der Waals surface area contributed by atoms with Crippen molar-refractivity contribution in [2.24, 2.45) is 0 Å². The van der Waals surface area contributed by atoms with Gasteiger partial charge in [0.2, 0.25) is 0 Å². The van der Waals surface area contributed by atoms with Gasteiger partial charge in [0.15, 0.2) is 6.10 Å². The first-order valence-corrected chi connectivity index (χ1v) is 11.2. The van der Waals surface area contributed by atoms with E-state index < -0.39 is 24.0 Å². The number of amides is 1. The van der Waals surface area contributed by atoms with Crippen LogP contribution < -0.4 is 9.47 Å². The van der Waals surface area contributed by atoms with Crippen LogP contribution in [0.25, 0.3) is 0 Å². The summed E-state index contributed by atoms with van der Waals surface area (Å²) in [5, 5.41) is 9.21. The quantitative estimate of drug-likeness (QED) is 0.402. The molecule has 0 radical (unpaired) electrons. The molecule has 0 aromatic heterocycles. The standard InChI is InChI=1S/C25H32FNO6/c1-3-5-6-15-27(25(30)33-22-13-9-20(26)10-14-22)16-17-32-21-11-7-19(8-12-21)18-23(24(28)29)31-4-2/h7-14,23H,3-6,15-18H2,1-2H3,(H,28,29). The van der Waals surface area contributed by atoms with Crippen molar-refractivity contribution in [3.63, 3.8) is 0 Å². The maximum absolute atomic E-state index is 13.1. The summed E-state index contributed by atoms with van der Waals surface area (Å²) >= 11 is 0. The second kappa shape index (κ2) is 14.1. The van der Waals surface area contributed by atoms with Gasteiger partial charge in [-0.2, -0.15) is 0 Å². The highest BCUT2D eigenvalue weighted by molar-refractivity contribution is 5.72. The third kappa shape index (κ3) is 9.49. The van der Waals surface area contributed by atoms with Crippen LogP contribution in [-0.4, -0.2) is 54.5 Å². The van der Waals surface area contributed by atoms with Crippen LogP contribution in [0, 0.1) is 5.82 Å². The average molecular weight is 462 g/mol. The zero-order chi connectivity index (χ0) is 24.1. The number of carboxylic acid groups (broad SMARTS) is 1. The van der Waals surface area contributed by atoms with Gasteiger partial charge in [0, 0.05) is 19.6 Å². The van der Waals surface area contributed by atoms with E-state index in [9.17, 15) is 19.1 Å². The number of hydrogen-bond acceptors (Lipinski definition) is 5. The van der Waals surface area contributed by atoms with Crippen molar-refractivity contribution in [2.75, 3.05) is 26.3 Å². The second-order valence-corrected chi connectivity index (χ2v) is 7.49. The molecule has 2 aromatic rings. The summed E-state index contributed by atoms with van der Waals surface area (Å²) in [4.78, 5) is 25.4. The van der Waals surface area contributed by atoms with Gasteiger partial charge in [-0.05, 0) is 55.3 Å². The molecule has 2 aromatic carbocycles. The molecule has 2 rings (SSSR count). The third-order valence-corrected chi connectivity index (χ3v) is 4.93. The Morgan fingerprint density at radius 3 is 2.24 bits per heavy atom. The van der Waals surface area contributed by atoms with Crippen LogP contribution in [0.2, 0.25) is 0 Å². The van der Waals surface area contributed by atoms with Gasteiger partial charge in [0.25, 0.3) is 0 Å². The van der Waals surface area contributed by atoms with E-state index in [-0.39, 0.29) is 18.8 Å². The molecule has 0 heterocycles. The van der Waals surface area contributed by atoms with Crippen LogP contribution in [0.4, 0.5) is 9.18 Å². The highest BCUT2D eigenvalue weighted by atomic mass is 19.1. The molecular formula is C25H32FNO6. The number of ether oxygens (including phenoxy) is 3. The van der Waals surface area contributed by atoms with Crippen molar-refractivity contribution >= 4 is 12.1 Å². The van der Waals surface area contributed by atoms with Gasteiger partial charge in [-0.25, -0.2) is 14.0 Å². The minimum Gasteiger partial charge on any atom is -0.492 e. The molecule has 0 fully saturated rings. The molecule has 0 aliphatic heterocycles. The van der Waals surface area contributed by atoms with E-state index in [0.717, 1.165) is 24.8 Å². The lowest BCUT2D eigenvalue weighted by atomic mass is 10.1. The second-order valence-electron chi connectivity index (χ2n) is 7.49. The topological polar surface area (TPSA) is 85.3 Å². The van der Waals surface area contributed by atoms with E-state index in [2.05, 4.69) is 6.92 Å². The Morgan fingerprint density at radius 1 is 0.970 bits per heavy atom. The fourth-order valence-corrected chi connectivity index (χ4v) is 3.14. The van der Waals surface area contributed by atoms with E-state index in [1.165, 1.54) is 24.3 Å².